The van der Waals surface area contributed by atoms with Gasteiger partial charge in [0, 0.05) is 17.3 Å². The zero-order valence-corrected chi connectivity index (χ0v) is 30.6. The van der Waals surface area contributed by atoms with E-state index < -0.39 is 5.54 Å². The van der Waals surface area contributed by atoms with Crippen molar-refractivity contribution in [2.45, 2.75) is 11.5 Å². The smallest absolute Gasteiger partial charge is 0.108 e. The monoisotopic (exact) mass is 703 g/mol. The Balaban J connectivity index is 1.62. The van der Waals surface area contributed by atoms with E-state index in [4.69, 9.17) is 0 Å². The summed E-state index contributed by atoms with van der Waals surface area (Å²) in [5, 5.41) is 0. The SMILES string of the molecule is c1ccc(C2=C(c3ccccc3)C(c3ccccc3)C(c3ccccc3)(N(c3ccccc3)c3ccccc3)C(c3ccccc3)=C2c2ccccc2)cc1. The zero-order valence-electron chi connectivity index (χ0n) is 30.6. The molecule has 9 rings (SSSR count). The van der Waals surface area contributed by atoms with Gasteiger partial charge in [-0.1, -0.05) is 218 Å². The molecule has 0 spiro atoms. The summed E-state index contributed by atoms with van der Waals surface area (Å²) in [6, 6.07) is 88.7. The molecule has 55 heavy (non-hydrogen) atoms. The molecule has 0 radical (unpaired) electrons. The van der Waals surface area contributed by atoms with Crippen molar-refractivity contribution in [2.75, 3.05) is 4.90 Å². The molecule has 2 unspecified atom stereocenters. The molecule has 0 saturated heterocycles. The number of anilines is 2. The Kier molecular flexibility index (Phi) is 9.34. The highest BCUT2D eigenvalue weighted by atomic mass is 15.2. The lowest BCUT2D eigenvalue weighted by atomic mass is 9.56. The summed E-state index contributed by atoms with van der Waals surface area (Å²) in [5.41, 5.74) is 13.5. The molecule has 1 heteroatoms. The molecule has 8 aromatic rings. The van der Waals surface area contributed by atoms with Crippen LogP contribution in [-0.2, 0) is 5.54 Å². The molecule has 1 aliphatic rings. The summed E-state index contributed by atoms with van der Waals surface area (Å²) in [6.45, 7) is 0. The fraction of sp³-hybridized carbons (Fsp3) is 0.0370. The summed E-state index contributed by atoms with van der Waals surface area (Å²) in [7, 11) is 0. The fourth-order valence-corrected chi connectivity index (χ4v) is 8.78. The van der Waals surface area contributed by atoms with Gasteiger partial charge in [-0.15, -0.1) is 0 Å². The Labute approximate surface area is 324 Å². The Morgan fingerprint density at radius 1 is 0.309 bits per heavy atom. The van der Waals surface area contributed by atoms with Crippen LogP contribution in [0.1, 0.15) is 39.3 Å². The largest absolute Gasteiger partial charge is 0.326 e. The number of para-hydroxylation sites is 2. The molecule has 0 heterocycles. The second-order valence-corrected chi connectivity index (χ2v) is 14.0. The average Bonchev–Trinajstić information content (AvgIpc) is 3.28. The second-order valence-electron chi connectivity index (χ2n) is 14.0. The zero-order chi connectivity index (χ0) is 36.9. The van der Waals surface area contributed by atoms with Gasteiger partial charge in [0.15, 0.2) is 0 Å². The van der Waals surface area contributed by atoms with Gasteiger partial charge in [-0.3, -0.25) is 0 Å². The number of nitrogens with zero attached hydrogens (tertiary/aromatic N) is 1. The summed E-state index contributed by atoms with van der Waals surface area (Å²) >= 11 is 0. The minimum atomic E-state index is -0.846. The van der Waals surface area contributed by atoms with Gasteiger partial charge >= 0.3 is 0 Å². The van der Waals surface area contributed by atoms with Crippen LogP contribution >= 0.6 is 0 Å². The van der Waals surface area contributed by atoms with Gasteiger partial charge in [-0.2, -0.15) is 0 Å². The lowest BCUT2D eigenvalue weighted by molar-refractivity contribution is 0.513. The first-order valence-corrected chi connectivity index (χ1v) is 19.1. The van der Waals surface area contributed by atoms with Gasteiger partial charge in [0.2, 0.25) is 0 Å². The molecular weight excluding hydrogens is 663 g/mol. The van der Waals surface area contributed by atoms with Crippen molar-refractivity contribution >= 4 is 33.7 Å². The molecule has 2 atom stereocenters. The van der Waals surface area contributed by atoms with Crippen LogP contribution in [0.3, 0.4) is 0 Å². The molecule has 1 aliphatic carbocycles. The van der Waals surface area contributed by atoms with Gasteiger partial charge in [0.05, 0.1) is 0 Å². The third-order valence-corrected chi connectivity index (χ3v) is 10.9. The number of benzene rings is 8. The Hall–Kier alpha value is -6.96. The first kappa shape index (κ1) is 33.8. The minimum Gasteiger partial charge on any atom is -0.326 e. The number of hydrogen-bond donors (Lipinski definition) is 0. The normalized spacial score (nSPS) is 16.8. The van der Waals surface area contributed by atoms with Crippen molar-refractivity contribution in [1.82, 2.24) is 0 Å². The first-order chi connectivity index (χ1) is 27.4. The van der Waals surface area contributed by atoms with Crippen molar-refractivity contribution in [1.29, 1.82) is 0 Å². The molecule has 0 saturated carbocycles. The predicted molar refractivity (Wildman–Crippen MR) is 232 cm³/mol. The van der Waals surface area contributed by atoms with Gasteiger partial charge in [0.1, 0.15) is 5.54 Å². The molecule has 0 aliphatic heterocycles. The van der Waals surface area contributed by atoms with Crippen molar-refractivity contribution < 1.29 is 0 Å². The molecule has 1 nitrogen and oxygen atoms in total. The molecule has 0 aromatic heterocycles. The van der Waals surface area contributed by atoms with E-state index in [0.29, 0.717) is 0 Å². The Bertz CT molecular complexity index is 2490. The van der Waals surface area contributed by atoms with Gasteiger partial charge in [0.25, 0.3) is 0 Å². The van der Waals surface area contributed by atoms with Crippen molar-refractivity contribution in [2.24, 2.45) is 0 Å². The van der Waals surface area contributed by atoms with E-state index in [1.165, 1.54) is 55.7 Å². The molecule has 262 valence electrons. The topological polar surface area (TPSA) is 3.24 Å². The third kappa shape index (κ3) is 6.10. The average molecular weight is 704 g/mol. The summed E-state index contributed by atoms with van der Waals surface area (Å²) < 4.78 is 0. The van der Waals surface area contributed by atoms with Gasteiger partial charge in [-0.25, -0.2) is 0 Å². The minimum absolute atomic E-state index is 0.211. The lowest BCUT2D eigenvalue weighted by Gasteiger charge is -2.56. The first-order valence-electron chi connectivity index (χ1n) is 19.1. The lowest BCUT2D eigenvalue weighted by Crippen LogP contribution is -2.51. The number of allylic oxidation sites excluding steroid dienone is 2. The van der Waals surface area contributed by atoms with E-state index in [1.807, 2.05) is 0 Å². The van der Waals surface area contributed by atoms with Crippen LogP contribution in [0, 0.1) is 0 Å². The van der Waals surface area contributed by atoms with Gasteiger partial charge < -0.3 is 4.90 Å². The van der Waals surface area contributed by atoms with E-state index >= 15 is 0 Å². The number of hydrogen-bond acceptors (Lipinski definition) is 1. The summed E-state index contributed by atoms with van der Waals surface area (Å²) in [6.07, 6.45) is 0. The maximum Gasteiger partial charge on any atom is 0.108 e. The predicted octanol–water partition coefficient (Wildman–Crippen LogP) is 13.7. The molecular formula is C54H41N. The molecule has 0 bridgehead atoms. The van der Waals surface area contributed by atoms with E-state index in [2.05, 4.69) is 248 Å². The Morgan fingerprint density at radius 3 is 1.11 bits per heavy atom. The second kappa shape index (κ2) is 15.2. The summed E-state index contributed by atoms with van der Waals surface area (Å²) in [4.78, 5) is 2.63. The van der Waals surface area contributed by atoms with Gasteiger partial charge in [-0.05, 0) is 79.9 Å². The van der Waals surface area contributed by atoms with Crippen LogP contribution in [-0.4, -0.2) is 0 Å². The maximum atomic E-state index is 2.63. The Morgan fingerprint density at radius 2 is 0.655 bits per heavy atom. The quantitative estimate of drug-likeness (QED) is 0.145. The van der Waals surface area contributed by atoms with Crippen LogP contribution in [0.4, 0.5) is 11.4 Å². The number of rotatable bonds is 9. The van der Waals surface area contributed by atoms with E-state index in [1.54, 1.807) is 0 Å². The van der Waals surface area contributed by atoms with E-state index in [0.717, 1.165) is 11.4 Å². The van der Waals surface area contributed by atoms with Crippen LogP contribution < -0.4 is 4.90 Å². The third-order valence-electron chi connectivity index (χ3n) is 10.9. The molecule has 0 amide bonds. The van der Waals surface area contributed by atoms with Crippen molar-refractivity contribution in [3.8, 4) is 0 Å². The molecule has 0 fully saturated rings. The summed E-state index contributed by atoms with van der Waals surface area (Å²) in [5.74, 6) is -0.211. The fourth-order valence-electron chi connectivity index (χ4n) is 8.78. The van der Waals surface area contributed by atoms with Crippen LogP contribution in [0.25, 0.3) is 22.3 Å². The van der Waals surface area contributed by atoms with Crippen molar-refractivity contribution in [3.63, 3.8) is 0 Å². The van der Waals surface area contributed by atoms with Crippen LogP contribution in [0.2, 0.25) is 0 Å². The molecule has 8 aromatic carbocycles. The van der Waals surface area contributed by atoms with E-state index in [9.17, 15) is 0 Å². The van der Waals surface area contributed by atoms with Crippen molar-refractivity contribution in [3.05, 3.63) is 276 Å². The molecule has 0 N–H and O–H groups in total. The van der Waals surface area contributed by atoms with E-state index in [-0.39, 0.29) is 5.92 Å². The highest BCUT2D eigenvalue weighted by Crippen LogP contribution is 2.66. The highest BCUT2D eigenvalue weighted by Gasteiger charge is 2.56. The maximum absolute atomic E-state index is 2.63. The standard InChI is InChI=1S/C54H41N/c1-9-25-41(26-10-1)49-50(42-27-11-2-12-28-42)52(44-31-15-4-16-32-44)54(46-35-19-6-20-36-46,55(47-37-21-7-22-38-47)48-39-23-8-24-40-48)53(45-33-17-5-18-34-45)51(49)43-29-13-3-14-30-43/h1-40,52H. The van der Waals surface area contributed by atoms with Crippen LogP contribution in [0.15, 0.2) is 243 Å². The van der Waals surface area contributed by atoms with Crippen LogP contribution in [0.5, 0.6) is 0 Å². The highest BCUT2D eigenvalue weighted by molar-refractivity contribution is 6.27.